The molecule has 2 bridgehead atoms. The molecule has 4 heteroatoms. The van der Waals surface area contributed by atoms with Crippen LogP contribution in [0.1, 0.15) is 36.0 Å². The van der Waals surface area contributed by atoms with E-state index >= 15 is 0 Å². The van der Waals surface area contributed by atoms with E-state index < -0.39 is 0 Å². The van der Waals surface area contributed by atoms with E-state index in [-0.39, 0.29) is 11.7 Å². The summed E-state index contributed by atoms with van der Waals surface area (Å²) in [5.74, 6) is 0.321. The summed E-state index contributed by atoms with van der Waals surface area (Å²) < 4.78 is 7.58. The number of benzene rings is 1. The van der Waals surface area contributed by atoms with E-state index in [2.05, 4.69) is 5.10 Å². The number of aromatic nitrogens is 2. The number of Topliss-reactive ketones (excluding diaryl/α,β-unsaturated/α-hetero) is 1. The van der Waals surface area contributed by atoms with Gasteiger partial charge in [-0.25, -0.2) is 4.68 Å². The molecule has 3 heterocycles. The highest BCUT2D eigenvalue weighted by molar-refractivity contribution is 5.97. The van der Waals surface area contributed by atoms with Gasteiger partial charge in [0.1, 0.15) is 0 Å². The molecule has 2 fully saturated rings. The molecule has 0 amide bonds. The maximum absolute atomic E-state index is 12.7. The van der Waals surface area contributed by atoms with Crippen LogP contribution in [0, 0.1) is 5.92 Å². The van der Waals surface area contributed by atoms with Crippen molar-refractivity contribution in [1.82, 2.24) is 9.78 Å². The SMILES string of the molecule is O=C(c1cnn(-c2ccccc2)c1)C1CC2CCC(C1)O2. The first-order chi connectivity index (χ1) is 10.3. The second kappa shape index (κ2) is 5.11. The van der Waals surface area contributed by atoms with Gasteiger partial charge in [-0.15, -0.1) is 0 Å². The monoisotopic (exact) mass is 282 g/mol. The molecule has 2 aliphatic rings. The fraction of sp³-hybridized carbons (Fsp3) is 0.412. The Morgan fingerprint density at radius 1 is 1.14 bits per heavy atom. The number of hydrogen-bond acceptors (Lipinski definition) is 3. The van der Waals surface area contributed by atoms with Crippen LogP contribution in [0.3, 0.4) is 0 Å². The Bertz CT molecular complexity index is 638. The number of para-hydroxylation sites is 1. The number of nitrogens with zero attached hydrogens (tertiary/aromatic N) is 2. The maximum atomic E-state index is 12.7. The van der Waals surface area contributed by atoms with Gasteiger partial charge < -0.3 is 4.74 Å². The highest BCUT2D eigenvalue weighted by Gasteiger charge is 2.38. The van der Waals surface area contributed by atoms with E-state index in [0.717, 1.165) is 31.4 Å². The van der Waals surface area contributed by atoms with Gasteiger partial charge in [0.25, 0.3) is 0 Å². The summed E-state index contributed by atoms with van der Waals surface area (Å²) in [5.41, 5.74) is 1.69. The van der Waals surface area contributed by atoms with Crippen molar-refractivity contribution in [2.24, 2.45) is 5.92 Å². The molecule has 4 rings (SSSR count). The van der Waals surface area contributed by atoms with Gasteiger partial charge >= 0.3 is 0 Å². The average Bonchev–Trinajstić information content (AvgIpc) is 3.14. The molecule has 0 N–H and O–H groups in total. The van der Waals surface area contributed by atoms with Crippen molar-refractivity contribution in [2.45, 2.75) is 37.9 Å². The molecule has 2 aromatic rings. The van der Waals surface area contributed by atoms with Crippen LogP contribution in [-0.4, -0.2) is 27.8 Å². The van der Waals surface area contributed by atoms with Gasteiger partial charge in [0.05, 0.1) is 29.7 Å². The Hall–Kier alpha value is -1.94. The second-order valence-electron chi connectivity index (χ2n) is 6.00. The molecule has 1 aromatic heterocycles. The molecule has 21 heavy (non-hydrogen) atoms. The summed E-state index contributed by atoms with van der Waals surface area (Å²) in [5, 5.41) is 4.32. The molecule has 0 saturated carbocycles. The minimum atomic E-state index is 0.102. The summed E-state index contributed by atoms with van der Waals surface area (Å²) in [6.45, 7) is 0. The highest BCUT2D eigenvalue weighted by Crippen LogP contribution is 2.37. The molecular formula is C17H18N2O2. The van der Waals surface area contributed by atoms with E-state index in [0.29, 0.717) is 17.8 Å². The van der Waals surface area contributed by atoms with Gasteiger partial charge in [-0.2, -0.15) is 5.10 Å². The molecule has 2 aliphatic heterocycles. The van der Waals surface area contributed by atoms with Crippen molar-refractivity contribution in [3.8, 4) is 5.69 Å². The fourth-order valence-corrected chi connectivity index (χ4v) is 3.48. The van der Waals surface area contributed by atoms with Crippen molar-refractivity contribution in [2.75, 3.05) is 0 Å². The Labute approximate surface area is 123 Å². The van der Waals surface area contributed by atoms with Gasteiger partial charge in [0.15, 0.2) is 5.78 Å². The van der Waals surface area contributed by atoms with Crippen molar-refractivity contribution in [3.63, 3.8) is 0 Å². The first kappa shape index (κ1) is 12.8. The third kappa shape index (κ3) is 2.40. The predicted octanol–water partition coefficient (Wildman–Crippen LogP) is 3.01. The van der Waals surface area contributed by atoms with Crippen molar-refractivity contribution in [3.05, 3.63) is 48.3 Å². The predicted molar refractivity (Wildman–Crippen MR) is 78.5 cm³/mol. The van der Waals surface area contributed by atoms with E-state index in [9.17, 15) is 4.79 Å². The Morgan fingerprint density at radius 3 is 2.57 bits per heavy atom. The number of carbonyl (C=O) groups excluding carboxylic acids is 1. The molecule has 1 aromatic carbocycles. The Morgan fingerprint density at radius 2 is 1.86 bits per heavy atom. The zero-order valence-corrected chi connectivity index (χ0v) is 11.8. The smallest absolute Gasteiger partial charge is 0.169 e. The zero-order valence-electron chi connectivity index (χ0n) is 11.8. The average molecular weight is 282 g/mol. The first-order valence-electron chi connectivity index (χ1n) is 7.59. The molecule has 4 nitrogen and oxygen atoms in total. The maximum Gasteiger partial charge on any atom is 0.169 e. The second-order valence-corrected chi connectivity index (χ2v) is 6.00. The number of hydrogen-bond donors (Lipinski definition) is 0. The van der Waals surface area contributed by atoms with Crippen LogP contribution in [-0.2, 0) is 4.74 Å². The van der Waals surface area contributed by atoms with Gasteiger partial charge in [-0.1, -0.05) is 18.2 Å². The van der Waals surface area contributed by atoms with Crippen LogP contribution >= 0.6 is 0 Å². The number of rotatable bonds is 3. The van der Waals surface area contributed by atoms with Crippen molar-refractivity contribution >= 4 is 5.78 Å². The van der Waals surface area contributed by atoms with E-state index in [1.54, 1.807) is 10.9 Å². The van der Waals surface area contributed by atoms with Gasteiger partial charge in [0, 0.05) is 12.1 Å². The van der Waals surface area contributed by atoms with Gasteiger partial charge in [-0.3, -0.25) is 4.79 Å². The summed E-state index contributed by atoms with van der Waals surface area (Å²) in [6, 6.07) is 9.87. The van der Waals surface area contributed by atoms with Crippen LogP contribution < -0.4 is 0 Å². The van der Waals surface area contributed by atoms with E-state index in [1.165, 1.54) is 0 Å². The molecule has 0 spiro atoms. The lowest BCUT2D eigenvalue weighted by Crippen LogP contribution is -2.29. The molecule has 2 atom stereocenters. The Kier molecular flexibility index (Phi) is 3.11. The first-order valence-corrected chi connectivity index (χ1v) is 7.59. The molecule has 108 valence electrons. The molecule has 0 radical (unpaired) electrons. The Balaban J connectivity index is 1.54. The van der Waals surface area contributed by atoms with E-state index in [4.69, 9.17) is 4.74 Å². The summed E-state index contributed by atoms with van der Waals surface area (Å²) in [4.78, 5) is 12.7. The summed E-state index contributed by atoms with van der Waals surface area (Å²) in [6.07, 6.45) is 8.07. The normalized spacial score (nSPS) is 27.7. The van der Waals surface area contributed by atoms with Crippen LogP contribution in [0.25, 0.3) is 5.69 Å². The lowest BCUT2D eigenvalue weighted by Gasteiger charge is -2.26. The lowest BCUT2D eigenvalue weighted by molar-refractivity contribution is -0.0149. The minimum Gasteiger partial charge on any atom is -0.375 e. The van der Waals surface area contributed by atoms with Gasteiger partial charge in [-0.05, 0) is 37.8 Å². The van der Waals surface area contributed by atoms with Crippen molar-refractivity contribution in [1.29, 1.82) is 0 Å². The summed E-state index contributed by atoms with van der Waals surface area (Å²) >= 11 is 0. The molecule has 2 saturated heterocycles. The molecule has 2 unspecified atom stereocenters. The van der Waals surface area contributed by atoms with Gasteiger partial charge in [0.2, 0.25) is 0 Å². The third-order valence-electron chi connectivity index (χ3n) is 4.55. The fourth-order valence-electron chi connectivity index (χ4n) is 3.48. The van der Waals surface area contributed by atoms with Crippen LogP contribution in [0.5, 0.6) is 0 Å². The number of fused-ring (bicyclic) bond motifs is 2. The molecular weight excluding hydrogens is 264 g/mol. The lowest BCUT2D eigenvalue weighted by atomic mass is 9.89. The minimum absolute atomic E-state index is 0.102. The van der Waals surface area contributed by atoms with E-state index in [1.807, 2.05) is 36.5 Å². The van der Waals surface area contributed by atoms with Crippen LogP contribution in [0.4, 0.5) is 0 Å². The van der Waals surface area contributed by atoms with Crippen LogP contribution in [0.15, 0.2) is 42.7 Å². The van der Waals surface area contributed by atoms with Crippen molar-refractivity contribution < 1.29 is 9.53 Å². The standard InChI is InChI=1S/C17H18N2O2/c20-17(12-8-15-6-7-16(9-12)21-15)13-10-18-19(11-13)14-4-2-1-3-5-14/h1-5,10-12,15-16H,6-9H2. The molecule has 0 aliphatic carbocycles. The highest BCUT2D eigenvalue weighted by atomic mass is 16.5. The topological polar surface area (TPSA) is 44.1 Å². The number of ketones is 1. The largest absolute Gasteiger partial charge is 0.375 e. The summed E-state index contributed by atoms with van der Waals surface area (Å²) in [7, 11) is 0. The van der Waals surface area contributed by atoms with Crippen LogP contribution in [0.2, 0.25) is 0 Å². The number of carbonyl (C=O) groups is 1. The quantitative estimate of drug-likeness (QED) is 0.813. The zero-order chi connectivity index (χ0) is 14.2. The number of ether oxygens (including phenoxy) is 1. The third-order valence-corrected chi connectivity index (χ3v) is 4.55.